The molecule has 0 spiro atoms. The second-order valence-electron chi connectivity index (χ2n) is 7.97. The molecule has 1 aromatic carbocycles. The van der Waals surface area contributed by atoms with Gasteiger partial charge >= 0.3 is 0 Å². The highest BCUT2D eigenvalue weighted by Crippen LogP contribution is 2.34. The predicted octanol–water partition coefficient (Wildman–Crippen LogP) is 4.84. The van der Waals surface area contributed by atoms with Crippen molar-refractivity contribution in [1.82, 2.24) is 20.4 Å². The van der Waals surface area contributed by atoms with Crippen molar-refractivity contribution in [2.24, 2.45) is 5.92 Å². The van der Waals surface area contributed by atoms with Gasteiger partial charge in [-0.3, -0.25) is 4.79 Å². The van der Waals surface area contributed by atoms with E-state index in [9.17, 15) is 9.18 Å². The molecule has 30 heavy (non-hydrogen) atoms. The first-order valence-electron chi connectivity index (χ1n) is 10.5. The van der Waals surface area contributed by atoms with Gasteiger partial charge in [0.2, 0.25) is 0 Å². The summed E-state index contributed by atoms with van der Waals surface area (Å²) in [5.41, 5.74) is 1.73. The molecular formula is C22H27FN4O3. The van der Waals surface area contributed by atoms with Gasteiger partial charge in [-0.25, -0.2) is 9.37 Å². The fraction of sp³-hybridized carbons (Fsp3) is 0.500. The Bertz CT molecular complexity index is 1020. The number of aromatic amines is 1. The molecule has 2 heterocycles. The van der Waals surface area contributed by atoms with Crippen LogP contribution in [-0.4, -0.2) is 28.1 Å². The van der Waals surface area contributed by atoms with Crippen molar-refractivity contribution in [2.45, 2.75) is 57.9 Å². The minimum Gasteiger partial charge on any atom is -0.494 e. The molecule has 4 rings (SSSR count). The maximum atomic E-state index is 14.7. The van der Waals surface area contributed by atoms with Gasteiger partial charge in [0.1, 0.15) is 23.2 Å². The van der Waals surface area contributed by atoms with Gasteiger partial charge in [0, 0.05) is 0 Å². The minimum absolute atomic E-state index is 0.146. The Balaban J connectivity index is 1.70. The number of carbonyl (C=O) groups is 1. The largest absolute Gasteiger partial charge is 0.494 e. The molecule has 7 nitrogen and oxygen atoms in total. The average molecular weight is 414 g/mol. The topological polar surface area (TPSA) is 93.0 Å². The smallest absolute Gasteiger partial charge is 0.257 e. The molecule has 0 saturated heterocycles. The Hall–Kier alpha value is -2.90. The van der Waals surface area contributed by atoms with Crippen LogP contribution in [-0.2, 0) is 0 Å². The van der Waals surface area contributed by atoms with Crippen LogP contribution in [0, 0.1) is 18.7 Å². The van der Waals surface area contributed by atoms with Crippen molar-refractivity contribution in [3.8, 4) is 5.75 Å². The predicted molar refractivity (Wildman–Crippen MR) is 110 cm³/mol. The number of carbonyl (C=O) groups excluding carboxylic acids is 1. The van der Waals surface area contributed by atoms with Gasteiger partial charge in [0.05, 0.1) is 24.4 Å². The van der Waals surface area contributed by atoms with Crippen LogP contribution in [0.4, 0.5) is 4.39 Å². The zero-order valence-electron chi connectivity index (χ0n) is 17.3. The molecule has 2 N–H and O–H groups in total. The molecular weight excluding hydrogens is 387 g/mol. The van der Waals surface area contributed by atoms with Gasteiger partial charge in [0.15, 0.2) is 11.6 Å². The lowest BCUT2D eigenvalue weighted by Gasteiger charge is -2.28. The van der Waals surface area contributed by atoms with E-state index in [2.05, 4.69) is 20.4 Å². The maximum Gasteiger partial charge on any atom is 0.257 e. The van der Waals surface area contributed by atoms with E-state index >= 15 is 0 Å². The van der Waals surface area contributed by atoms with Gasteiger partial charge in [-0.2, -0.15) is 0 Å². The highest BCUT2D eigenvalue weighted by molar-refractivity contribution is 5.95. The first-order valence-corrected chi connectivity index (χ1v) is 10.5. The normalized spacial score (nSPS) is 16.8. The molecule has 1 aliphatic rings. The Labute approximate surface area is 174 Å². The third-order valence-electron chi connectivity index (χ3n) is 5.99. The molecule has 2 aromatic heterocycles. The molecule has 0 radical (unpaired) electrons. The molecule has 1 amide bonds. The molecule has 0 bridgehead atoms. The van der Waals surface area contributed by atoms with Crippen molar-refractivity contribution in [3.63, 3.8) is 0 Å². The standard InChI is InChI=1S/C22H27FN4O3/c1-13-15(12-30-27-13)22(28)26-19(14-8-6-4-3-5-7-9-14)21-24-16-10-11-17(29-2)18(23)20(16)25-21/h10-12,14,19H,3-9H2,1-2H3,(H,24,25)(H,26,28). The Morgan fingerprint density at radius 2 is 2.00 bits per heavy atom. The lowest BCUT2D eigenvalue weighted by atomic mass is 9.85. The summed E-state index contributed by atoms with van der Waals surface area (Å²) < 4.78 is 24.7. The quantitative estimate of drug-likeness (QED) is 0.623. The highest BCUT2D eigenvalue weighted by Gasteiger charge is 2.30. The third-order valence-corrected chi connectivity index (χ3v) is 5.99. The number of aryl methyl sites for hydroxylation is 1. The van der Waals surface area contributed by atoms with E-state index < -0.39 is 5.82 Å². The molecule has 1 aliphatic carbocycles. The summed E-state index contributed by atoms with van der Waals surface area (Å²) in [6.07, 6.45) is 9.15. The van der Waals surface area contributed by atoms with Crippen molar-refractivity contribution < 1.29 is 18.4 Å². The molecule has 1 fully saturated rings. The number of halogens is 1. The van der Waals surface area contributed by atoms with E-state index in [0.717, 1.165) is 25.7 Å². The first kappa shape index (κ1) is 20.4. The number of amides is 1. The van der Waals surface area contributed by atoms with Gasteiger partial charge in [-0.05, 0) is 37.8 Å². The molecule has 1 atom stereocenters. The highest BCUT2D eigenvalue weighted by atomic mass is 19.1. The van der Waals surface area contributed by atoms with Crippen LogP contribution >= 0.6 is 0 Å². The monoisotopic (exact) mass is 414 g/mol. The number of rotatable bonds is 5. The average Bonchev–Trinajstić information content (AvgIpc) is 3.33. The number of benzene rings is 1. The summed E-state index contributed by atoms with van der Waals surface area (Å²) in [4.78, 5) is 20.7. The fourth-order valence-electron chi connectivity index (χ4n) is 4.31. The van der Waals surface area contributed by atoms with Gasteiger partial charge in [0.25, 0.3) is 5.91 Å². The molecule has 8 heteroatoms. The van der Waals surface area contributed by atoms with Crippen molar-refractivity contribution in [3.05, 3.63) is 41.3 Å². The lowest BCUT2D eigenvalue weighted by molar-refractivity contribution is 0.0911. The third kappa shape index (κ3) is 4.04. The number of ether oxygens (including phenoxy) is 1. The van der Waals surface area contributed by atoms with Crippen LogP contribution in [0.3, 0.4) is 0 Å². The lowest BCUT2D eigenvalue weighted by Crippen LogP contribution is -2.35. The summed E-state index contributed by atoms with van der Waals surface area (Å²) in [5, 5.41) is 6.92. The van der Waals surface area contributed by atoms with E-state index in [1.54, 1.807) is 19.1 Å². The number of nitrogens with zero attached hydrogens (tertiary/aromatic N) is 2. The van der Waals surface area contributed by atoms with Crippen LogP contribution in [0.5, 0.6) is 5.75 Å². The summed E-state index contributed by atoms with van der Waals surface area (Å²) in [5.74, 6) is 0.145. The number of nitrogens with one attached hydrogen (secondary N) is 2. The van der Waals surface area contributed by atoms with E-state index in [-0.39, 0.29) is 29.1 Å². The van der Waals surface area contributed by atoms with Crippen LogP contribution in [0.15, 0.2) is 22.9 Å². The number of methoxy groups -OCH3 is 1. The summed E-state index contributed by atoms with van der Waals surface area (Å²) >= 11 is 0. The van der Waals surface area contributed by atoms with Crippen LogP contribution in [0.1, 0.15) is 72.9 Å². The fourth-order valence-corrected chi connectivity index (χ4v) is 4.31. The maximum absolute atomic E-state index is 14.7. The minimum atomic E-state index is -0.505. The van der Waals surface area contributed by atoms with Crippen molar-refractivity contribution in [2.75, 3.05) is 7.11 Å². The SMILES string of the molecule is COc1ccc2[nH]c(C(NC(=O)c3conc3C)C3CCCCCCC3)nc2c1F. The van der Waals surface area contributed by atoms with E-state index in [1.165, 1.54) is 32.6 Å². The van der Waals surface area contributed by atoms with Gasteiger partial charge in [-0.15, -0.1) is 0 Å². The molecule has 1 unspecified atom stereocenters. The Morgan fingerprint density at radius 1 is 1.27 bits per heavy atom. The van der Waals surface area contributed by atoms with Crippen molar-refractivity contribution in [1.29, 1.82) is 0 Å². The van der Waals surface area contributed by atoms with Gasteiger partial charge in [-0.1, -0.05) is 37.3 Å². The van der Waals surface area contributed by atoms with Crippen LogP contribution < -0.4 is 10.1 Å². The molecule has 1 saturated carbocycles. The second-order valence-corrected chi connectivity index (χ2v) is 7.97. The molecule has 160 valence electrons. The van der Waals surface area contributed by atoms with Crippen molar-refractivity contribution >= 4 is 16.9 Å². The number of hydrogen-bond acceptors (Lipinski definition) is 5. The second kappa shape index (κ2) is 8.85. The number of fused-ring (bicyclic) bond motifs is 1. The summed E-state index contributed by atoms with van der Waals surface area (Å²) in [7, 11) is 1.43. The van der Waals surface area contributed by atoms with E-state index in [1.807, 2.05) is 0 Å². The molecule has 0 aliphatic heterocycles. The number of H-pyrrole nitrogens is 1. The zero-order valence-corrected chi connectivity index (χ0v) is 17.3. The van der Waals surface area contributed by atoms with Crippen LogP contribution in [0.25, 0.3) is 11.0 Å². The molecule has 3 aromatic rings. The number of hydrogen-bond donors (Lipinski definition) is 2. The first-order chi connectivity index (χ1) is 14.6. The Kier molecular flexibility index (Phi) is 6.01. The van der Waals surface area contributed by atoms with Gasteiger partial charge < -0.3 is 19.6 Å². The Morgan fingerprint density at radius 3 is 2.67 bits per heavy atom. The van der Waals surface area contributed by atoms with E-state index in [0.29, 0.717) is 22.6 Å². The summed E-state index contributed by atoms with van der Waals surface area (Å²) in [6, 6.07) is 2.96. The summed E-state index contributed by atoms with van der Waals surface area (Å²) in [6.45, 7) is 1.73. The van der Waals surface area contributed by atoms with Crippen LogP contribution in [0.2, 0.25) is 0 Å². The number of aromatic nitrogens is 3. The van der Waals surface area contributed by atoms with E-state index in [4.69, 9.17) is 9.26 Å². The number of imidazole rings is 1. The zero-order chi connectivity index (χ0) is 21.1.